The molecule has 1 amide bonds. The van der Waals surface area contributed by atoms with E-state index in [1.165, 1.54) is 25.7 Å². The predicted octanol–water partition coefficient (Wildman–Crippen LogP) is 2.50. The van der Waals surface area contributed by atoms with Gasteiger partial charge < -0.3 is 15.4 Å². The molecule has 2 aliphatic carbocycles. The Balaban J connectivity index is 1.67. The van der Waals surface area contributed by atoms with Gasteiger partial charge in [0.25, 0.3) is 5.91 Å². The first-order valence-electron chi connectivity index (χ1n) is 7.68. The number of amides is 1. The van der Waals surface area contributed by atoms with Gasteiger partial charge in [0.15, 0.2) is 0 Å². The summed E-state index contributed by atoms with van der Waals surface area (Å²) in [5.41, 5.74) is 1.73. The van der Waals surface area contributed by atoms with Gasteiger partial charge in [-0.2, -0.15) is 0 Å². The number of H-pyrrole nitrogens is 1. The van der Waals surface area contributed by atoms with E-state index in [1.54, 1.807) is 13.8 Å². The molecule has 2 fully saturated rings. The molecule has 21 heavy (non-hydrogen) atoms. The Morgan fingerprint density at radius 2 is 2.05 bits per heavy atom. The summed E-state index contributed by atoms with van der Waals surface area (Å²) in [6, 6.07) is 0. The van der Waals surface area contributed by atoms with Gasteiger partial charge in [0.1, 0.15) is 5.69 Å². The summed E-state index contributed by atoms with van der Waals surface area (Å²) in [5.74, 6) is 1.06. The second kappa shape index (κ2) is 5.20. The molecule has 3 N–H and O–H groups in total. The summed E-state index contributed by atoms with van der Waals surface area (Å²) in [7, 11) is 0. The molecule has 0 spiro atoms. The lowest BCUT2D eigenvalue weighted by Gasteiger charge is -2.21. The molecule has 0 aromatic carbocycles. The Labute approximate surface area is 124 Å². The number of aromatic carboxylic acids is 1. The summed E-state index contributed by atoms with van der Waals surface area (Å²) in [6.07, 6.45) is 5.21. The van der Waals surface area contributed by atoms with E-state index < -0.39 is 5.97 Å². The molecular weight excluding hydrogens is 268 g/mol. The Hall–Kier alpha value is -1.78. The molecule has 2 aliphatic rings. The second-order valence-electron chi connectivity index (χ2n) is 6.58. The van der Waals surface area contributed by atoms with Crippen LogP contribution in [0.5, 0.6) is 0 Å². The smallest absolute Gasteiger partial charge is 0.352 e. The molecule has 3 rings (SSSR count). The number of aryl methyl sites for hydroxylation is 1. The number of hydrogen-bond acceptors (Lipinski definition) is 2. The molecule has 114 valence electrons. The van der Waals surface area contributed by atoms with Crippen LogP contribution in [0, 0.1) is 31.6 Å². The molecule has 0 saturated heterocycles. The first-order valence-corrected chi connectivity index (χ1v) is 7.68. The first-order chi connectivity index (χ1) is 9.97. The van der Waals surface area contributed by atoms with Crippen LogP contribution in [-0.4, -0.2) is 28.5 Å². The van der Waals surface area contributed by atoms with Crippen molar-refractivity contribution in [3.8, 4) is 0 Å². The van der Waals surface area contributed by atoms with Crippen LogP contribution in [-0.2, 0) is 0 Å². The van der Waals surface area contributed by atoms with Crippen molar-refractivity contribution in [1.29, 1.82) is 0 Å². The number of aromatic nitrogens is 1. The fourth-order valence-corrected chi connectivity index (χ4v) is 4.24. The van der Waals surface area contributed by atoms with Gasteiger partial charge in [-0.15, -0.1) is 0 Å². The van der Waals surface area contributed by atoms with E-state index in [0.717, 1.165) is 11.8 Å². The number of carbonyl (C=O) groups is 2. The zero-order valence-electron chi connectivity index (χ0n) is 12.5. The minimum atomic E-state index is -1.03. The quantitative estimate of drug-likeness (QED) is 0.796. The highest BCUT2D eigenvalue weighted by molar-refractivity contribution is 6.00. The van der Waals surface area contributed by atoms with Gasteiger partial charge in [-0.05, 0) is 56.4 Å². The molecule has 2 bridgehead atoms. The van der Waals surface area contributed by atoms with Crippen LogP contribution in [0.4, 0.5) is 0 Å². The van der Waals surface area contributed by atoms with Gasteiger partial charge >= 0.3 is 5.97 Å². The predicted molar refractivity (Wildman–Crippen MR) is 78.5 cm³/mol. The molecule has 3 unspecified atom stereocenters. The highest BCUT2D eigenvalue weighted by atomic mass is 16.4. The molecule has 2 saturated carbocycles. The molecule has 0 radical (unpaired) electrons. The Morgan fingerprint density at radius 3 is 2.57 bits per heavy atom. The van der Waals surface area contributed by atoms with Crippen molar-refractivity contribution in [3.63, 3.8) is 0 Å². The number of carbonyl (C=O) groups excluding carboxylic acids is 1. The van der Waals surface area contributed by atoms with Crippen LogP contribution in [0.2, 0.25) is 0 Å². The molecule has 1 heterocycles. The standard InChI is InChI=1S/C16H22N2O3/c1-8-13(9(2)18-14(8)16(20)21)15(19)17-7-12-6-10-3-4-11(12)5-10/h10-12,18H,3-7H2,1-2H3,(H,17,19)(H,20,21). The zero-order valence-corrected chi connectivity index (χ0v) is 12.5. The van der Waals surface area contributed by atoms with Gasteiger partial charge in [0.05, 0.1) is 5.56 Å². The molecule has 0 aliphatic heterocycles. The molecule has 5 heteroatoms. The monoisotopic (exact) mass is 290 g/mol. The van der Waals surface area contributed by atoms with Gasteiger partial charge in [0, 0.05) is 12.2 Å². The van der Waals surface area contributed by atoms with Crippen LogP contribution in [0.15, 0.2) is 0 Å². The van der Waals surface area contributed by atoms with E-state index in [4.69, 9.17) is 5.11 Å². The van der Waals surface area contributed by atoms with E-state index in [-0.39, 0.29) is 11.6 Å². The highest BCUT2D eigenvalue weighted by Gasteiger charge is 2.39. The van der Waals surface area contributed by atoms with E-state index in [2.05, 4.69) is 10.3 Å². The van der Waals surface area contributed by atoms with Crippen LogP contribution in [0.25, 0.3) is 0 Å². The first kappa shape index (κ1) is 14.2. The number of hydrogen-bond donors (Lipinski definition) is 3. The fourth-order valence-electron chi connectivity index (χ4n) is 4.24. The Kier molecular flexibility index (Phi) is 3.51. The summed E-state index contributed by atoms with van der Waals surface area (Å²) in [4.78, 5) is 26.2. The number of fused-ring (bicyclic) bond motifs is 2. The van der Waals surface area contributed by atoms with Crippen LogP contribution in [0.1, 0.15) is 57.8 Å². The third-order valence-corrected chi connectivity index (χ3v) is 5.29. The lowest BCUT2D eigenvalue weighted by atomic mass is 9.89. The minimum Gasteiger partial charge on any atom is -0.477 e. The maximum atomic E-state index is 12.4. The zero-order chi connectivity index (χ0) is 15.1. The largest absolute Gasteiger partial charge is 0.477 e. The average molecular weight is 290 g/mol. The third kappa shape index (κ3) is 2.45. The highest BCUT2D eigenvalue weighted by Crippen LogP contribution is 2.47. The molecule has 1 aromatic rings. The normalized spacial score (nSPS) is 27.0. The third-order valence-electron chi connectivity index (χ3n) is 5.29. The van der Waals surface area contributed by atoms with Crippen LogP contribution in [0.3, 0.4) is 0 Å². The van der Waals surface area contributed by atoms with E-state index in [1.807, 2.05) is 0 Å². The summed E-state index contributed by atoms with van der Waals surface area (Å²) in [5, 5.41) is 12.1. The number of rotatable bonds is 4. The van der Waals surface area contributed by atoms with Crippen molar-refractivity contribution in [2.45, 2.75) is 39.5 Å². The van der Waals surface area contributed by atoms with E-state index in [0.29, 0.717) is 29.3 Å². The van der Waals surface area contributed by atoms with Crippen molar-refractivity contribution in [2.24, 2.45) is 17.8 Å². The molecule has 5 nitrogen and oxygen atoms in total. The number of carboxylic acids is 1. The van der Waals surface area contributed by atoms with Gasteiger partial charge in [0.2, 0.25) is 0 Å². The lowest BCUT2D eigenvalue weighted by molar-refractivity contribution is 0.0690. The van der Waals surface area contributed by atoms with Gasteiger partial charge in [-0.3, -0.25) is 4.79 Å². The van der Waals surface area contributed by atoms with E-state index >= 15 is 0 Å². The van der Waals surface area contributed by atoms with Crippen molar-refractivity contribution >= 4 is 11.9 Å². The SMILES string of the molecule is Cc1[nH]c(C(=O)O)c(C)c1C(=O)NCC1CC2CCC1C2. The molecular formula is C16H22N2O3. The maximum Gasteiger partial charge on any atom is 0.352 e. The summed E-state index contributed by atoms with van der Waals surface area (Å²) < 4.78 is 0. The van der Waals surface area contributed by atoms with Crippen molar-refractivity contribution in [2.75, 3.05) is 6.54 Å². The minimum absolute atomic E-state index is 0.109. The average Bonchev–Trinajstić information content (AvgIpc) is 3.10. The fraction of sp³-hybridized carbons (Fsp3) is 0.625. The maximum absolute atomic E-state index is 12.4. The van der Waals surface area contributed by atoms with Crippen molar-refractivity contribution in [3.05, 3.63) is 22.5 Å². The van der Waals surface area contributed by atoms with Crippen LogP contribution < -0.4 is 5.32 Å². The topological polar surface area (TPSA) is 82.2 Å². The lowest BCUT2D eigenvalue weighted by Crippen LogP contribution is -2.32. The summed E-state index contributed by atoms with van der Waals surface area (Å²) >= 11 is 0. The number of nitrogens with one attached hydrogen (secondary N) is 2. The summed E-state index contributed by atoms with van der Waals surface area (Å²) in [6.45, 7) is 4.14. The van der Waals surface area contributed by atoms with Gasteiger partial charge in [-0.25, -0.2) is 4.79 Å². The molecule has 1 aromatic heterocycles. The van der Waals surface area contributed by atoms with Crippen molar-refractivity contribution in [1.82, 2.24) is 10.3 Å². The number of aromatic amines is 1. The number of carboxylic acid groups (broad SMARTS) is 1. The second-order valence-corrected chi connectivity index (χ2v) is 6.58. The Bertz CT molecular complexity index is 591. The van der Waals surface area contributed by atoms with E-state index in [9.17, 15) is 9.59 Å². The Morgan fingerprint density at radius 1 is 1.29 bits per heavy atom. The molecule has 3 atom stereocenters. The van der Waals surface area contributed by atoms with Gasteiger partial charge in [-0.1, -0.05) is 6.42 Å². The van der Waals surface area contributed by atoms with Crippen LogP contribution >= 0.6 is 0 Å². The van der Waals surface area contributed by atoms with Crippen molar-refractivity contribution < 1.29 is 14.7 Å².